The second-order valence-corrected chi connectivity index (χ2v) is 11.5. The van der Waals surface area contributed by atoms with Gasteiger partial charge in [-0.05, 0) is 18.6 Å². The van der Waals surface area contributed by atoms with Gasteiger partial charge in [-0.2, -0.15) is 8.42 Å². The van der Waals surface area contributed by atoms with Crippen LogP contribution in [0.25, 0.3) is 0 Å². The Hall–Kier alpha value is -1.07. The molecule has 0 saturated heterocycles. The summed E-state index contributed by atoms with van der Waals surface area (Å²) in [5.74, 6) is 0. The molecule has 0 heterocycles. The fourth-order valence-corrected chi connectivity index (χ4v) is 4.98. The first-order chi connectivity index (χ1) is 19.7. The summed E-state index contributed by atoms with van der Waals surface area (Å²) < 4.78 is 56.2. The number of hydrogen-bond donors (Lipinski definition) is 0. The van der Waals surface area contributed by atoms with Gasteiger partial charge in [0.25, 0.3) is 10.1 Å². The Balaban J connectivity index is 1.69. The summed E-state index contributed by atoms with van der Waals surface area (Å²) in [6.45, 7) is 7.21. The van der Waals surface area contributed by atoms with E-state index in [9.17, 15) is 8.42 Å². The Bertz CT molecular complexity index is 745. The van der Waals surface area contributed by atoms with Crippen molar-refractivity contribution < 1.29 is 36.3 Å². The monoisotopic (exact) mass is 588 g/mol. The van der Waals surface area contributed by atoms with E-state index in [2.05, 4.69) is 6.92 Å². The van der Waals surface area contributed by atoms with E-state index >= 15 is 0 Å². The lowest BCUT2D eigenvalue weighted by Gasteiger charge is -2.08. The summed E-state index contributed by atoms with van der Waals surface area (Å²) in [7, 11) is -3.74. The fourth-order valence-electron chi connectivity index (χ4n) is 4.06. The van der Waals surface area contributed by atoms with Crippen LogP contribution < -0.4 is 0 Å². The van der Waals surface area contributed by atoms with Crippen molar-refractivity contribution in [3.8, 4) is 0 Å². The van der Waals surface area contributed by atoms with E-state index in [1.807, 2.05) is 0 Å². The van der Waals surface area contributed by atoms with Crippen LogP contribution in [0.3, 0.4) is 0 Å². The molecule has 9 heteroatoms. The Morgan fingerprint density at radius 1 is 0.450 bits per heavy atom. The first kappa shape index (κ1) is 37.0. The van der Waals surface area contributed by atoms with Crippen molar-refractivity contribution in [2.45, 2.75) is 95.3 Å². The van der Waals surface area contributed by atoms with Gasteiger partial charge in [0.2, 0.25) is 0 Å². The first-order valence-electron chi connectivity index (χ1n) is 15.5. The summed E-state index contributed by atoms with van der Waals surface area (Å²) in [6.07, 6.45) is 17.7. The normalized spacial score (nSPS) is 11.8. The molecule has 0 radical (unpaired) electrons. The maximum Gasteiger partial charge on any atom is 0.297 e. The predicted octanol–water partition coefficient (Wildman–Crippen LogP) is 6.57. The Labute approximate surface area is 244 Å². The molecule has 0 N–H and O–H groups in total. The van der Waals surface area contributed by atoms with Crippen LogP contribution in [0.15, 0.2) is 35.2 Å². The molecule has 0 amide bonds. The molecule has 1 aromatic rings. The molecule has 0 aliphatic rings. The van der Waals surface area contributed by atoms with Crippen LogP contribution in [0.1, 0.15) is 90.4 Å². The molecule has 0 aliphatic carbocycles. The van der Waals surface area contributed by atoms with Crippen molar-refractivity contribution in [3.63, 3.8) is 0 Å². The standard InChI is InChI=1S/C31H56O8S/c1-2-3-4-5-6-7-8-9-10-11-12-13-17-20-34-21-22-35-23-24-36-25-26-37-27-28-38-29-30-39-40(32,33)31-18-15-14-16-19-31/h14-16,18-19H,2-13,17,20-30H2,1H3. The molecule has 8 nitrogen and oxygen atoms in total. The van der Waals surface area contributed by atoms with Crippen molar-refractivity contribution in [2.75, 3.05) is 72.7 Å². The smallest absolute Gasteiger partial charge is 0.297 e. The van der Waals surface area contributed by atoms with E-state index < -0.39 is 10.1 Å². The molecule has 40 heavy (non-hydrogen) atoms. The molecule has 0 aromatic heterocycles. The van der Waals surface area contributed by atoms with Gasteiger partial charge in [0.15, 0.2) is 0 Å². The molecule has 0 aliphatic heterocycles. The van der Waals surface area contributed by atoms with Crippen molar-refractivity contribution in [3.05, 3.63) is 30.3 Å². The number of rotatable bonds is 31. The van der Waals surface area contributed by atoms with Crippen LogP contribution in [0.5, 0.6) is 0 Å². The first-order valence-corrected chi connectivity index (χ1v) is 16.9. The molecule has 234 valence electrons. The van der Waals surface area contributed by atoms with Gasteiger partial charge in [0, 0.05) is 6.61 Å². The van der Waals surface area contributed by atoms with E-state index in [1.54, 1.807) is 18.2 Å². The van der Waals surface area contributed by atoms with Gasteiger partial charge >= 0.3 is 0 Å². The summed E-state index contributed by atoms with van der Waals surface area (Å²) >= 11 is 0. The van der Waals surface area contributed by atoms with Gasteiger partial charge in [-0.3, -0.25) is 4.18 Å². The van der Waals surface area contributed by atoms with Gasteiger partial charge in [0.1, 0.15) is 0 Å². The van der Waals surface area contributed by atoms with Crippen LogP contribution in [-0.4, -0.2) is 81.1 Å². The zero-order valence-electron chi connectivity index (χ0n) is 25.0. The fraction of sp³-hybridized carbons (Fsp3) is 0.806. The Morgan fingerprint density at radius 2 is 0.800 bits per heavy atom. The van der Waals surface area contributed by atoms with Gasteiger partial charge < -0.3 is 23.7 Å². The summed E-state index contributed by atoms with van der Waals surface area (Å²) in [6, 6.07) is 8.04. The van der Waals surface area contributed by atoms with E-state index in [4.69, 9.17) is 27.9 Å². The minimum absolute atomic E-state index is 0.0369. The third-order valence-electron chi connectivity index (χ3n) is 6.38. The second-order valence-electron chi connectivity index (χ2n) is 9.89. The minimum atomic E-state index is -3.74. The Kier molecular flexibility index (Phi) is 25.9. The zero-order valence-corrected chi connectivity index (χ0v) is 25.8. The van der Waals surface area contributed by atoms with Crippen LogP contribution in [0, 0.1) is 0 Å². The Morgan fingerprint density at radius 3 is 1.23 bits per heavy atom. The van der Waals surface area contributed by atoms with Crippen molar-refractivity contribution in [1.82, 2.24) is 0 Å². The van der Waals surface area contributed by atoms with Gasteiger partial charge in [0.05, 0.1) is 71.0 Å². The molecule has 0 unspecified atom stereocenters. The van der Waals surface area contributed by atoms with E-state index in [0.717, 1.165) is 13.0 Å². The number of unbranched alkanes of at least 4 members (excludes halogenated alkanes) is 12. The molecule has 1 rings (SSSR count). The zero-order chi connectivity index (χ0) is 28.8. The maximum absolute atomic E-state index is 12.0. The second kappa shape index (κ2) is 28.1. The molecule has 1 aromatic carbocycles. The average Bonchev–Trinajstić information content (AvgIpc) is 2.97. The molecule has 0 fully saturated rings. The largest absolute Gasteiger partial charge is 0.379 e. The summed E-state index contributed by atoms with van der Waals surface area (Å²) in [5.41, 5.74) is 0. The summed E-state index contributed by atoms with van der Waals surface area (Å²) in [4.78, 5) is 0.136. The van der Waals surface area contributed by atoms with Crippen LogP contribution in [-0.2, 0) is 38.0 Å². The highest BCUT2D eigenvalue weighted by Crippen LogP contribution is 2.13. The maximum atomic E-state index is 12.0. The molecular formula is C31H56O8S. The van der Waals surface area contributed by atoms with Gasteiger partial charge in [-0.1, -0.05) is 102 Å². The van der Waals surface area contributed by atoms with E-state index in [-0.39, 0.29) is 18.1 Å². The molecule has 0 saturated carbocycles. The number of benzene rings is 1. The van der Waals surface area contributed by atoms with Crippen LogP contribution in [0.2, 0.25) is 0 Å². The van der Waals surface area contributed by atoms with Crippen LogP contribution >= 0.6 is 0 Å². The highest BCUT2D eigenvalue weighted by atomic mass is 32.2. The molecular weight excluding hydrogens is 532 g/mol. The van der Waals surface area contributed by atoms with Crippen LogP contribution in [0.4, 0.5) is 0 Å². The lowest BCUT2D eigenvalue weighted by atomic mass is 10.0. The van der Waals surface area contributed by atoms with Gasteiger partial charge in [-0.15, -0.1) is 0 Å². The highest BCUT2D eigenvalue weighted by Gasteiger charge is 2.13. The average molecular weight is 589 g/mol. The minimum Gasteiger partial charge on any atom is -0.379 e. The third kappa shape index (κ3) is 23.6. The SMILES string of the molecule is CCCCCCCCCCCCCCCOCCOCCOCCOCCOCCOS(=O)(=O)c1ccccc1. The lowest BCUT2D eigenvalue weighted by molar-refractivity contribution is -0.0127. The third-order valence-corrected chi connectivity index (χ3v) is 7.70. The lowest BCUT2D eigenvalue weighted by Crippen LogP contribution is -2.15. The highest BCUT2D eigenvalue weighted by molar-refractivity contribution is 7.86. The van der Waals surface area contributed by atoms with Crippen molar-refractivity contribution in [1.29, 1.82) is 0 Å². The van der Waals surface area contributed by atoms with Gasteiger partial charge in [-0.25, -0.2) is 0 Å². The van der Waals surface area contributed by atoms with Crippen molar-refractivity contribution >= 4 is 10.1 Å². The quantitative estimate of drug-likeness (QED) is 0.0711. The molecule has 0 bridgehead atoms. The number of ether oxygens (including phenoxy) is 5. The topological polar surface area (TPSA) is 89.5 Å². The van der Waals surface area contributed by atoms with E-state index in [1.165, 1.54) is 89.2 Å². The molecule has 0 spiro atoms. The number of hydrogen-bond acceptors (Lipinski definition) is 8. The van der Waals surface area contributed by atoms with E-state index in [0.29, 0.717) is 52.9 Å². The van der Waals surface area contributed by atoms with Crippen molar-refractivity contribution in [2.24, 2.45) is 0 Å². The predicted molar refractivity (Wildman–Crippen MR) is 159 cm³/mol. The summed E-state index contributed by atoms with van der Waals surface area (Å²) in [5, 5.41) is 0. The molecule has 0 atom stereocenters.